The molecule has 1 fully saturated rings. The zero-order chi connectivity index (χ0) is 18.4. The highest BCUT2D eigenvalue weighted by Gasteiger charge is 2.30. The van der Waals surface area contributed by atoms with E-state index in [4.69, 9.17) is 0 Å². The third kappa shape index (κ3) is 5.66. The van der Waals surface area contributed by atoms with Crippen LogP contribution in [0.3, 0.4) is 0 Å². The lowest BCUT2D eigenvalue weighted by molar-refractivity contribution is -0.274. The number of anilines is 1. The standard InChI is InChI=1S/C20H23F3N2O/c21-20(22,23)26-19-8-6-18(7-9-19)24-12-15-25-13-10-17(11-14-25)16-4-2-1-3-5-16/h1-9,17,24H,10-15H2. The van der Waals surface area contributed by atoms with Crippen LogP contribution in [0, 0.1) is 0 Å². The van der Waals surface area contributed by atoms with E-state index >= 15 is 0 Å². The molecule has 1 heterocycles. The monoisotopic (exact) mass is 364 g/mol. The zero-order valence-electron chi connectivity index (χ0n) is 14.5. The Balaban J connectivity index is 1.38. The number of nitrogens with zero attached hydrogens (tertiary/aromatic N) is 1. The number of ether oxygens (including phenoxy) is 1. The first-order valence-corrected chi connectivity index (χ1v) is 8.86. The number of likely N-dealkylation sites (tertiary alicyclic amines) is 1. The van der Waals surface area contributed by atoms with Crippen molar-refractivity contribution < 1.29 is 17.9 Å². The molecule has 0 saturated carbocycles. The van der Waals surface area contributed by atoms with Crippen molar-refractivity contribution >= 4 is 5.69 Å². The highest BCUT2D eigenvalue weighted by Crippen LogP contribution is 2.27. The van der Waals surface area contributed by atoms with Crippen molar-refractivity contribution in [2.24, 2.45) is 0 Å². The van der Waals surface area contributed by atoms with Gasteiger partial charge in [-0.2, -0.15) is 0 Å². The predicted molar refractivity (Wildman–Crippen MR) is 96.5 cm³/mol. The fourth-order valence-corrected chi connectivity index (χ4v) is 3.35. The number of halogens is 3. The van der Waals surface area contributed by atoms with E-state index in [1.54, 1.807) is 12.1 Å². The molecule has 0 unspecified atom stereocenters. The Kier molecular flexibility index (Phi) is 6.04. The van der Waals surface area contributed by atoms with E-state index in [2.05, 4.69) is 39.2 Å². The van der Waals surface area contributed by atoms with Gasteiger partial charge in [0.1, 0.15) is 5.75 Å². The molecule has 0 aromatic heterocycles. The van der Waals surface area contributed by atoms with Gasteiger partial charge < -0.3 is 15.0 Å². The van der Waals surface area contributed by atoms with Crippen molar-refractivity contribution in [2.75, 3.05) is 31.5 Å². The van der Waals surface area contributed by atoms with Gasteiger partial charge in [0.25, 0.3) is 0 Å². The van der Waals surface area contributed by atoms with Gasteiger partial charge in [0.05, 0.1) is 0 Å². The Morgan fingerprint density at radius 1 is 0.962 bits per heavy atom. The van der Waals surface area contributed by atoms with Crippen LogP contribution >= 0.6 is 0 Å². The molecule has 0 aliphatic carbocycles. The molecule has 3 nitrogen and oxygen atoms in total. The Labute approximate surface area is 151 Å². The second-order valence-corrected chi connectivity index (χ2v) is 6.53. The molecule has 3 rings (SSSR count). The average Bonchev–Trinajstić information content (AvgIpc) is 2.63. The molecule has 0 atom stereocenters. The van der Waals surface area contributed by atoms with E-state index in [-0.39, 0.29) is 5.75 Å². The second kappa shape index (κ2) is 8.45. The van der Waals surface area contributed by atoms with E-state index in [1.807, 2.05) is 6.07 Å². The molecule has 26 heavy (non-hydrogen) atoms. The van der Waals surface area contributed by atoms with Gasteiger partial charge in [0.2, 0.25) is 0 Å². The fraction of sp³-hybridized carbons (Fsp3) is 0.400. The normalized spacial score (nSPS) is 16.4. The number of hydrogen-bond acceptors (Lipinski definition) is 3. The minimum Gasteiger partial charge on any atom is -0.406 e. The van der Waals surface area contributed by atoms with Gasteiger partial charge in [-0.3, -0.25) is 0 Å². The van der Waals surface area contributed by atoms with Gasteiger partial charge in [-0.25, -0.2) is 0 Å². The second-order valence-electron chi connectivity index (χ2n) is 6.53. The van der Waals surface area contributed by atoms with E-state index in [0.717, 1.165) is 44.7 Å². The van der Waals surface area contributed by atoms with Crippen LogP contribution in [-0.4, -0.2) is 37.4 Å². The number of alkyl halides is 3. The molecule has 0 bridgehead atoms. The molecule has 1 saturated heterocycles. The van der Waals surface area contributed by atoms with Crippen molar-refractivity contribution in [3.63, 3.8) is 0 Å². The van der Waals surface area contributed by atoms with Crippen molar-refractivity contribution in [3.8, 4) is 5.75 Å². The lowest BCUT2D eigenvalue weighted by Crippen LogP contribution is -2.36. The quantitative estimate of drug-likeness (QED) is 0.791. The molecule has 2 aromatic carbocycles. The first kappa shape index (κ1) is 18.6. The Hall–Kier alpha value is -2.21. The van der Waals surface area contributed by atoms with Gasteiger partial charge in [-0.1, -0.05) is 30.3 Å². The summed E-state index contributed by atoms with van der Waals surface area (Å²) in [4.78, 5) is 2.42. The third-order valence-electron chi connectivity index (χ3n) is 4.70. The summed E-state index contributed by atoms with van der Waals surface area (Å²) < 4.78 is 40.3. The molecular formula is C20H23F3N2O. The van der Waals surface area contributed by atoms with Crippen LogP contribution in [0.15, 0.2) is 54.6 Å². The van der Waals surface area contributed by atoms with Gasteiger partial charge >= 0.3 is 6.36 Å². The highest BCUT2D eigenvalue weighted by atomic mass is 19.4. The summed E-state index contributed by atoms with van der Waals surface area (Å²) >= 11 is 0. The molecule has 0 amide bonds. The van der Waals surface area contributed by atoms with Crippen LogP contribution in [0.5, 0.6) is 5.75 Å². The SMILES string of the molecule is FC(F)(F)Oc1ccc(NCCN2CCC(c3ccccc3)CC2)cc1. The maximum Gasteiger partial charge on any atom is 0.573 e. The Morgan fingerprint density at radius 3 is 2.23 bits per heavy atom. The maximum absolute atomic E-state index is 12.1. The lowest BCUT2D eigenvalue weighted by Gasteiger charge is -2.32. The minimum absolute atomic E-state index is 0.203. The van der Waals surface area contributed by atoms with E-state index in [1.165, 1.54) is 17.7 Å². The van der Waals surface area contributed by atoms with Crippen molar-refractivity contribution in [1.82, 2.24) is 4.90 Å². The third-order valence-corrected chi connectivity index (χ3v) is 4.70. The Morgan fingerprint density at radius 2 is 1.62 bits per heavy atom. The fourth-order valence-electron chi connectivity index (χ4n) is 3.35. The van der Waals surface area contributed by atoms with Gasteiger partial charge in [-0.05, 0) is 61.7 Å². The van der Waals surface area contributed by atoms with Gasteiger partial charge in [-0.15, -0.1) is 13.2 Å². The van der Waals surface area contributed by atoms with E-state index < -0.39 is 6.36 Å². The molecule has 1 N–H and O–H groups in total. The summed E-state index contributed by atoms with van der Waals surface area (Å²) in [6.45, 7) is 3.82. The summed E-state index contributed by atoms with van der Waals surface area (Å²) in [5.41, 5.74) is 2.21. The molecule has 140 valence electrons. The Bertz CT molecular complexity index is 666. The summed E-state index contributed by atoms with van der Waals surface area (Å²) in [6.07, 6.45) is -2.33. The van der Waals surface area contributed by atoms with Crippen molar-refractivity contribution in [2.45, 2.75) is 25.1 Å². The highest BCUT2D eigenvalue weighted by molar-refractivity contribution is 5.46. The largest absolute Gasteiger partial charge is 0.573 e. The molecule has 1 aliphatic heterocycles. The van der Waals surface area contributed by atoms with Crippen LogP contribution in [0.2, 0.25) is 0 Å². The zero-order valence-corrected chi connectivity index (χ0v) is 14.5. The van der Waals surface area contributed by atoms with Crippen LogP contribution < -0.4 is 10.1 Å². The molecule has 0 spiro atoms. The molecule has 6 heteroatoms. The minimum atomic E-state index is -4.65. The van der Waals surface area contributed by atoms with Crippen LogP contribution in [-0.2, 0) is 0 Å². The van der Waals surface area contributed by atoms with Gasteiger partial charge in [0, 0.05) is 18.8 Å². The molecule has 2 aromatic rings. The summed E-state index contributed by atoms with van der Waals surface area (Å²) in [5.74, 6) is 0.438. The summed E-state index contributed by atoms with van der Waals surface area (Å²) in [5, 5.41) is 3.25. The van der Waals surface area contributed by atoms with E-state index in [0.29, 0.717) is 5.92 Å². The number of piperidine rings is 1. The average molecular weight is 364 g/mol. The number of hydrogen-bond donors (Lipinski definition) is 1. The topological polar surface area (TPSA) is 24.5 Å². The van der Waals surface area contributed by atoms with E-state index in [9.17, 15) is 13.2 Å². The maximum atomic E-state index is 12.1. The predicted octanol–water partition coefficient (Wildman–Crippen LogP) is 4.88. The molecule has 0 radical (unpaired) electrons. The smallest absolute Gasteiger partial charge is 0.406 e. The molecule has 1 aliphatic rings. The van der Waals surface area contributed by atoms with Gasteiger partial charge in [0.15, 0.2) is 0 Å². The first-order valence-electron chi connectivity index (χ1n) is 8.86. The number of benzene rings is 2. The van der Waals surface area contributed by atoms with Crippen LogP contribution in [0.25, 0.3) is 0 Å². The number of rotatable bonds is 6. The first-order chi connectivity index (χ1) is 12.5. The van der Waals surface area contributed by atoms with Crippen LogP contribution in [0.4, 0.5) is 18.9 Å². The molecular weight excluding hydrogens is 341 g/mol. The number of nitrogens with one attached hydrogen (secondary N) is 1. The summed E-state index contributed by atoms with van der Waals surface area (Å²) in [6, 6.07) is 16.5. The van der Waals surface area contributed by atoms with Crippen molar-refractivity contribution in [3.05, 3.63) is 60.2 Å². The van der Waals surface area contributed by atoms with Crippen molar-refractivity contribution in [1.29, 1.82) is 0 Å². The lowest BCUT2D eigenvalue weighted by atomic mass is 9.89. The summed E-state index contributed by atoms with van der Waals surface area (Å²) in [7, 11) is 0. The van der Waals surface area contributed by atoms with Crippen LogP contribution in [0.1, 0.15) is 24.3 Å².